The van der Waals surface area contributed by atoms with Crippen LogP contribution in [-0.2, 0) is 0 Å². The summed E-state index contributed by atoms with van der Waals surface area (Å²) in [5, 5.41) is 0. The Hall–Kier alpha value is -1.45. The smallest absolute Gasteiger partial charge is 0.0555 e. The second kappa shape index (κ2) is 7.89. The van der Waals surface area contributed by atoms with Gasteiger partial charge in [-0.2, -0.15) is 0 Å². The van der Waals surface area contributed by atoms with Gasteiger partial charge in [0.1, 0.15) is 0 Å². The highest BCUT2D eigenvalue weighted by Crippen LogP contribution is 2.48. The summed E-state index contributed by atoms with van der Waals surface area (Å²) in [5.74, 6) is 0. The number of hydrogen-bond donors (Lipinski definition) is 0. The van der Waals surface area contributed by atoms with Crippen molar-refractivity contribution in [3.05, 3.63) is 48.0 Å². The molecule has 1 fully saturated rings. The molecule has 0 bridgehead atoms. The van der Waals surface area contributed by atoms with Crippen LogP contribution in [0.2, 0.25) is 0 Å². The monoisotopic (exact) mass is 380 g/mol. The average molecular weight is 381 g/mol. The quantitative estimate of drug-likeness (QED) is 0.547. The van der Waals surface area contributed by atoms with Crippen molar-refractivity contribution in [3.8, 4) is 0 Å². The first-order valence-electron chi connectivity index (χ1n) is 10.4. The second-order valence-corrected chi connectivity index (χ2v) is 9.99. The van der Waals surface area contributed by atoms with Crippen molar-refractivity contribution in [2.24, 2.45) is 5.41 Å². The summed E-state index contributed by atoms with van der Waals surface area (Å²) in [4.78, 5) is 7.99. The van der Waals surface area contributed by atoms with Crippen LogP contribution in [-0.4, -0.2) is 31.1 Å². The molecule has 0 atom stereocenters. The Balaban J connectivity index is 1.39. The fourth-order valence-corrected chi connectivity index (χ4v) is 5.24. The molecule has 0 N–H and O–H groups in total. The van der Waals surface area contributed by atoms with Crippen LogP contribution < -0.4 is 4.90 Å². The Morgan fingerprint density at radius 1 is 0.889 bits per heavy atom. The van der Waals surface area contributed by atoms with Crippen molar-refractivity contribution in [1.82, 2.24) is 4.90 Å². The van der Waals surface area contributed by atoms with E-state index in [1.54, 1.807) is 0 Å². The third kappa shape index (κ3) is 4.35. The third-order valence-corrected chi connectivity index (χ3v) is 7.23. The standard InChI is InChI=1S/C24H32N2S/c1-19-10-11-23-21(18-19)26(20-8-4-5-9-22(20)27-23)15-7-6-14-25-16-12-24(2,3)13-17-25/h4-5,8-11,18H,6-7,12-17H2,1-3H3. The van der Waals surface area contributed by atoms with Crippen LogP contribution in [0.25, 0.3) is 0 Å². The Morgan fingerprint density at radius 2 is 1.59 bits per heavy atom. The number of anilines is 2. The molecule has 2 aliphatic heterocycles. The maximum atomic E-state index is 2.67. The maximum Gasteiger partial charge on any atom is 0.0555 e. The Kier molecular flexibility index (Phi) is 5.52. The maximum absolute atomic E-state index is 2.67. The number of fused-ring (bicyclic) bond motifs is 2. The first kappa shape index (κ1) is 18.9. The minimum absolute atomic E-state index is 0.549. The lowest BCUT2D eigenvalue weighted by atomic mass is 9.82. The van der Waals surface area contributed by atoms with Gasteiger partial charge < -0.3 is 9.80 Å². The van der Waals surface area contributed by atoms with E-state index in [-0.39, 0.29) is 0 Å². The molecule has 2 aliphatic rings. The normalized spacial score (nSPS) is 18.9. The first-order valence-corrected chi connectivity index (χ1v) is 11.2. The molecule has 2 aromatic rings. The molecule has 4 rings (SSSR count). The van der Waals surface area contributed by atoms with Crippen molar-refractivity contribution in [2.45, 2.75) is 56.2 Å². The molecule has 0 saturated carbocycles. The molecular formula is C24H32N2S. The summed E-state index contributed by atoms with van der Waals surface area (Å²) in [6.07, 6.45) is 5.21. The van der Waals surface area contributed by atoms with Gasteiger partial charge in [-0.3, -0.25) is 0 Å². The summed E-state index contributed by atoms with van der Waals surface area (Å²) in [7, 11) is 0. The van der Waals surface area contributed by atoms with E-state index in [0.717, 1.165) is 6.54 Å². The summed E-state index contributed by atoms with van der Waals surface area (Å²) in [6, 6.07) is 15.7. The number of aryl methyl sites for hydroxylation is 1. The molecule has 1 saturated heterocycles. The van der Waals surface area contributed by atoms with E-state index in [2.05, 4.69) is 73.0 Å². The minimum atomic E-state index is 0.549. The molecule has 2 heterocycles. The second-order valence-electron chi connectivity index (χ2n) is 8.91. The molecule has 27 heavy (non-hydrogen) atoms. The Morgan fingerprint density at radius 3 is 2.41 bits per heavy atom. The van der Waals surface area contributed by atoms with Gasteiger partial charge in [0.05, 0.1) is 11.4 Å². The molecule has 0 radical (unpaired) electrons. The van der Waals surface area contributed by atoms with Gasteiger partial charge in [-0.05, 0) is 87.5 Å². The zero-order valence-electron chi connectivity index (χ0n) is 17.0. The molecule has 144 valence electrons. The predicted octanol–water partition coefficient (Wildman–Crippen LogP) is 6.50. The number of para-hydroxylation sites is 1. The van der Waals surface area contributed by atoms with E-state index in [0.29, 0.717) is 5.41 Å². The molecular weight excluding hydrogens is 348 g/mol. The highest BCUT2D eigenvalue weighted by Gasteiger charge is 2.25. The van der Waals surface area contributed by atoms with E-state index < -0.39 is 0 Å². The largest absolute Gasteiger partial charge is 0.340 e. The molecule has 0 unspecified atom stereocenters. The third-order valence-electron chi connectivity index (χ3n) is 6.10. The van der Waals surface area contributed by atoms with Crippen LogP contribution in [0.1, 0.15) is 45.1 Å². The average Bonchev–Trinajstić information content (AvgIpc) is 2.66. The van der Waals surface area contributed by atoms with Gasteiger partial charge in [0, 0.05) is 16.3 Å². The van der Waals surface area contributed by atoms with Gasteiger partial charge in [-0.15, -0.1) is 0 Å². The highest BCUT2D eigenvalue weighted by molar-refractivity contribution is 7.99. The number of likely N-dealkylation sites (tertiary alicyclic amines) is 1. The topological polar surface area (TPSA) is 6.48 Å². The van der Waals surface area contributed by atoms with Crippen molar-refractivity contribution in [3.63, 3.8) is 0 Å². The number of benzene rings is 2. The number of nitrogens with zero attached hydrogens (tertiary/aromatic N) is 2. The summed E-state index contributed by atoms with van der Waals surface area (Å²) >= 11 is 1.91. The minimum Gasteiger partial charge on any atom is -0.340 e. The van der Waals surface area contributed by atoms with Crippen LogP contribution >= 0.6 is 11.8 Å². The van der Waals surface area contributed by atoms with Crippen molar-refractivity contribution in [1.29, 1.82) is 0 Å². The van der Waals surface area contributed by atoms with Crippen LogP contribution in [0.5, 0.6) is 0 Å². The highest BCUT2D eigenvalue weighted by atomic mass is 32.2. The first-order chi connectivity index (χ1) is 13.0. The predicted molar refractivity (Wildman–Crippen MR) is 117 cm³/mol. The Bertz CT molecular complexity index is 789. The van der Waals surface area contributed by atoms with E-state index in [1.807, 2.05) is 11.8 Å². The van der Waals surface area contributed by atoms with E-state index in [1.165, 1.54) is 72.0 Å². The van der Waals surface area contributed by atoms with Crippen LogP contribution in [0, 0.1) is 12.3 Å². The van der Waals surface area contributed by atoms with Crippen LogP contribution in [0.3, 0.4) is 0 Å². The van der Waals surface area contributed by atoms with E-state index in [4.69, 9.17) is 0 Å². The molecule has 0 aliphatic carbocycles. The fourth-order valence-electron chi connectivity index (χ4n) is 4.17. The summed E-state index contributed by atoms with van der Waals surface area (Å²) < 4.78 is 0. The van der Waals surface area contributed by atoms with Crippen molar-refractivity contribution in [2.75, 3.05) is 31.1 Å². The molecule has 2 nitrogen and oxygen atoms in total. The van der Waals surface area contributed by atoms with Crippen molar-refractivity contribution < 1.29 is 0 Å². The number of rotatable bonds is 5. The Labute approximate surface area is 168 Å². The summed E-state index contributed by atoms with van der Waals surface area (Å²) in [6.45, 7) is 11.9. The molecule has 0 spiro atoms. The number of unbranched alkanes of at least 4 members (excludes halogenated alkanes) is 1. The van der Waals surface area contributed by atoms with Gasteiger partial charge in [0.15, 0.2) is 0 Å². The lowest BCUT2D eigenvalue weighted by Crippen LogP contribution is -2.38. The molecule has 3 heteroatoms. The van der Waals surface area contributed by atoms with Crippen molar-refractivity contribution >= 4 is 23.1 Å². The lowest BCUT2D eigenvalue weighted by molar-refractivity contribution is 0.131. The van der Waals surface area contributed by atoms with Gasteiger partial charge in [0.25, 0.3) is 0 Å². The zero-order valence-corrected chi connectivity index (χ0v) is 17.8. The van der Waals surface area contributed by atoms with Crippen LogP contribution in [0.15, 0.2) is 52.3 Å². The lowest BCUT2D eigenvalue weighted by Gasteiger charge is -2.37. The van der Waals surface area contributed by atoms with Gasteiger partial charge in [-0.1, -0.05) is 43.8 Å². The molecule has 0 aromatic heterocycles. The SMILES string of the molecule is Cc1ccc2c(c1)N(CCCCN1CCC(C)(C)CC1)c1ccccc1S2. The number of piperidine rings is 1. The van der Waals surface area contributed by atoms with E-state index in [9.17, 15) is 0 Å². The fraction of sp³-hybridized carbons (Fsp3) is 0.500. The van der Waals surface area contributed by atoms with Gasteiger partial charge in [-0.25, -0.2) is 0 Å². The molecule has 2 aromatic carbocycles. The van der Waals surface area contributed by atoms with E-state index >= 15 is 0 Å². The van der Waals surface area contributed by atoms with Crippen LogP contribution in [0.4, 0.5) is 11.4 Å². The number of hydrogen-bond acceptors (Lipinski definition) is 3. The zero-order chi connectivity index (χ0) is 18.9. The molecule has 0 amide bonds. The van der Waals surface area contributed by atoms with Gasteiger partial charge in [0.2, 0.25) is 0 Å². The summed E-state index contributed by atoms with van der Waals surface area (Å²) in [5.41, 5.74) is 4.65. The van der Waals surface area contributed by atoms with Gasteiger partial charge >= 0.3 is 0 Å².